The minimum absolute atomic E-state index is 0.280. The van der Waals surface area contributed by atoms with Crippen LogP contribution in [0.15, 0.2) is 82.4 Å². The molecule has 0 bridgehead atoms. The molecule has 1 unspecified atom stereocenters. The number of anilines is 1. The molecule has 1 atom stereocenters. The molecule has 1 N–H and O–H groups in total. The number of nitrogens with one attached hydrogen (secondary N) is 1. The van der Waals surface area contributed by atoms with E-state index >= 15 is 4.39 Å². The molecule has 1 aliphatic rings. The maximum atomic E-state index is 15.4. The van der Waals surface area contributed by atoms with Crippen molar-refractivity contribution < 1.29 is 9.13 Å². The third-order valence-electron chi connectivity index (χ3n) is 6.99. The Balaban J connectivity index is 1.86. The van der Waals surface area contributed by atoms with Gasteiger partial charge in [0.15, 0.2) is 0 Å². The van der Waals surface area contributed by atoms with Gasteiger partial charge in [0.05, 0.1) is 46.3 Å². The number of aryl methyl sites for hydroxylation is 1. The van der Waals surface area contributed by atoms with Gasteiger partial charge in [-0.05, 0) is 37.3 Å². The highest BCUT2D eigenvalue weighted by atomic mass is 19.1. The number of hydrogen-bond acceptors (Lipinski definition) is 4. The van der Waals surface area contributed by atoms with Gasteiger partial charge in [0.25, 0.3) is 5.56 Å². The van der Waals surface area contributed by atoms with Crippen molar-refractivity contribution in [2.24, 2.45) is 14.1 Å². The van der Waals surface area contributed by atoms with Crippen molar-refractivity contribution in [1.29, 1.82) is 0 Å². The highest BCUT2D eigenvalue weighted by molar-refractivity contribution is 5.99. The number of aromatic nitrogens is 3. The smallest absolute Gasteiger partial charge is 0.331 e. The summed E-state index contributed by atoms with van der Waals surface area (Å²) in [6.07, 6.45) is 0. The van der Waals surface area contributed by atoms with Crippen LogP contribution >= 0.6 is 0 Å². The molecule has 0 amide bonds. The average molecular weight is 497 g/mol. The van der Waals surface area contributed by atoms with Gasteiger partial charge in [0.1, 0.15) is 11.6 Å². The first kappa shape index (κ1) is 22.8. The SMILES string of the molecule is CCOc1ccccc1C1Nc2ccccc2-n2c(-c3ccccc3F)c3c(=O)n(C)c(=O)n(C)c3c21. The maximum absolute atomic E-state index is 15.4. The van der Waals surface area contributed by atoms with E-state index in [-0.39, 0.29) is 10.9 Å². The predicted octanol–water partition coefficient (Wildman–Crippen LogP) is 4.75. The number of fused-ring (bicyclic) bond motifs is 5. The van der Waals surface area contributed by atoms with Crippen molar-refractivity contribution in [3.63, 3.8) is 0 Å². The van der Waals surface area contributed by atoms with Crippen molar-refractivity contribution in [3.8, 4) is 22.7 Å². The van der Waals surface area contributed by atoms with Crippen LogP contribution in [0, 0.1) is 5.82 Å². The van der Waals surface area contributed by atoms with Crippen LogP contribution in [0.3, 0.4) is 0 Å². The fourth-order valence-corrected chi connectivity index (χ4v) is 5.37. The first-order valence-electron chi connectivity index (χ1n) is 12.1. The molecule has 3 aromatic carbocycles. The molecule has 2 aromatic heterocycles. The van der Waals surface area contributed by atoms with Crippen LogP contribution in [0.25, 0.3) is 27.8 Å². The third-order valence-corrected chi connectivity index (χ3v) is 6.99. The number of para-hydroxylation sites is 3. The molecule has 0 spiro atoms. The first-order valence-corrected chi connectivity index (χ1v) is 12.1. The molecule has 5 aromatic rings. The molecule has 186 valence electrons. The van der Waals surface area contributed by atoms with E-state index in [9.17, 15) is 9.59 Å². The number of rotatable bonds is 4. The Morgan fingerprint density at radius 1 is 0.919 bits per heavy atom. The average Bonchev–Trinajstić information content (AvgIpc) is 3.27. The summed E-state index contributed by atoms with van der Waals surface area (Å²) in [7, 11) is 3.09. The summed E-state index contributed by atoms with van der Waals surface area (Å²) >= 11 is 0. The molecule has 37 heavy (non-hydrogen) atoms. The molecule has 6 rings (SSSR count). The maximum Gasteiger partial charge on any atom is 0.331 e. The molecule has 0 saturated heterocycles. The van der Waals surface area contributed by atoms with Crippen molar-refractivity contribution in [3.05, 3.63) is 111 Å². The Bertz CT molecular complexity index is 1820. The molecule has 0 saturated carbocycles. The van der Waals surface area contributed by atoms with Gasteiger partial charge < -0.3 is 14.6 Å². The van der Waals surface area contributed by atoms with Gasteiger partial charge in [-0.25, -0.2) is 9.18 Å². The Morgan fingerprint density at radius 2 is 1.62 bits per heavy atom. The Morgan fingerprint density at radius 3 is 2.41 bits per heavy atom. The number of hydrogen-bond donors (Lipinski definition) is 1. The van der Waals surface area contributed by atoms with Gasteiger partial charge in [0.2, 0.25) is 0 Å². The van der Waals surface area contributed by atoms with Crippen molar-refractivity contribution in [2.75, 3.05) is 11.9 Å². The summed E-state index contributed by atoms with van der Waals surface area (Å²) in [6, 6.07) is 21.3. The van der Waals surface area contributed by atoms with E-state index in [1.807, 2.05) is 60.0 Å². The van der Waals surface area contributed by atoms with Gasteiger partial charge in [-0.15, -0.1) is 0 Å². The summed E-state index contributed by atoms with van der Waals surface area (Å²) in [4.78, 5) is 26.9. The lowest BCUT2D eigenvalue weighted by Gasteiger charge is -2.32. The van der Waals surface area contributed by atoms with Gasteiger partial charge in [-0.2, -0.15) is 0 Å². The predicted molar refractivity (Wildman–Crippen MR) is 142 cm³/mol. The molecular weight excluding hydrogens is 471 g/mol. The lowest BCUT2D eigenvalue weighted by atomic mass is 9.98. The van der Waals surface area contributed by atoms with Crippen LogP contribution in [-0.2, 0) is 14.1 Å². The summed E-state index contributed by atoms with van der Waals surface area (Å²) in [5.74, 6) is 0.229. The Labute approximate surface area is 212 Å². The molecule has 7 nitrogen and oxygen atoms in total. The number of ether oxygens (including phenoxy) is 1. The third kappa shape index (κ3) is 3.25. The lowest BCUT2D eigenvalue weighted by Crippen LogP contribution is -2.37. The van der Waals surface area contributed by atoms with Crippen LogP contribution in [0.5, 0.6) is 5.75 Å². The van der Waals surface area contributed by atoms with Gasteiger partial charge in [-0.3, -0.25) is 13.9 Å². The van der Waals surface area contributed by atoms with Gasteiger partial charge >= 0.3 is 5.69 Å². The van der Waals surface area contributed by atoms with E-state index in [0.717, 1.165) is 21.5 Å². The second-order valence-electron chi connectivity index (χ2n) is 9.04. The van der Waals surface area contributed by atoms with Crippen molar-refractivity contribution in [1.82, 2.24) is 13.7 Å². The summed E-state index contributed by atoms with van der Waals surface area (Å²) < 4.78 is 25.8. The van der Waals surface area contributed by atoms with Gasteiger partial charge in [-0.1, -0.05) is 42.5 Å². The zero-order valence-corrected chi connectivity index (χ0v) is 20.7. The minimum atomic E-state index is -0.488. The van der Waals surface area contributed by atoms with E-state index in [1.165, 1.54) is 17.7 Å². The first-order chi connectivity index (χ1) is 17.9. The second-order valence-corrected chi connectivity index (χ2v) is 9.04. The fourth-order valence-electron chi connectivity index (χ4n) is 5.37. The van der Waals surface area contributed by atoms with E-state index in [1.54, 1.807) is 25.2 Å². The monoisotopic (exact) mass is 496 g/mol. The topological polar surface area (TPSA) is 70.2 Å². The standard InChI is InChI=1S/C29H25FN4O3/c1-4-37-22-16-10-6-12-18(22)24-27-26-23(28(35)33(3)29(36)32(26)2)25(17-11-5-7-13-19(17)30)34(27)21-15-9-8-14-20(21)31-24/h5-16,24,31H,4H2,1-3H3. The van der Waals surface area contributed by atoms with Crippen molar-refractivity contribution in [2.45, 2.75) is 13.0 Å². The molecule has 0 aliphatic carbocycles. The molecule has 3 heterocycles. The summed E-state index contributed by atoms with van der Waals surface area (Å²) in [5, 5.41) is 3.88. The van der Waals surface area contributed by atoms with Crippen LogP contribution in [0.4, 0.5) is 10.1 Å². The second kappa shape index (κ2) is 8.51. The van der Waals surface area contributed by atoms with Crippen molar-refractivity contribution >= 4 is 16.6 Å². The number of halogens is 1. The summed E-state index contributed by atoms with van der Waals surface area (Å²) in [6.45, 7) is 2.39. The molecular formula is C29H25FN4O3. The zero-order valence-electron chi connectivity index (χ0n) is 20.7. The highest BCUT2D eigenvalue weighted by Gasteiger charge is 2.36. The van der Waals surface area contributed by atoms with E-state index in [0.29, 0.717) is 29.3 Å². The van der Waals surface area contributed by atoms with Crippen LogP contribution in [0.1, 0.15) is 24.2 Å². The van der Waals surface area contributed by atoms with Gasteiger partial charge in [0, 0.05) is 25.2 Å². The Kier molecular flexibility index (Phi) is 5.26. The van der Waals surface area contributed by atoms with Crippen LogP contribution in [0.2, 0.25) is 0 Å². The molecule has 0 radical (unpaired) electrons. The molecule has 0 fully saturated rings. The number of benzene rings is 3. The van der Waals surface area contributed by atoms with E-state index in [2.05, 4.69) is 5.32 Å². The lowest BCUT2D eigenvalue weighted by molar-refractivity contribution is 0.335. The quantitative estimate of drug-likeness (QED) is 0.390. The summed E-state index contributed by atoms with van der Waals surface area (Å²) in [5.41, 5.74) is 3.27. The Hall–Kier alpha value is -4.59. The molecule has 8 heteroatoms. The van der Waals surface area contributed by atoms with Crippen LogP contribution in [-0.4, -0.2) is 20.3 Å². The van der Waals surface area contributed by atoms with Crippen LogP contribution < -0.4 is 21.3 Å². The fraction of sp³-hybridized carbons (Fsp3) is 0.172. The normalized spacial score (nSPS) is 14.2. The largest absolute Gasteiger partial charge is 0.494 e. The molecule has 1 aliphatic heterocycles. The minimum Gasteiger partial charge on any atom is -0.494 e. The van der Waals surface area contributed by atoms with E-state index in [4.69, 9.17) is 4.74 Å². The number of nitrogens with zero attached hydrogens (tertiary/aromatic N) is 3. The highest BCUT2D eigenvalue weighted by Crippen LogP contribution is 2.47. The zero-order chi connectivity index (χ0) is 25.8. The van der Waals surface area contributed by atoms with E-state index < -0.39 is 23.1 Å².